The molecule has 0 bridgehead atoms. The van der Waals surface area contributed by atoms with Crippen molar-refractivity contribution in [3.63, 3.8) is 0 Å². The van der Waals surface area contributed by atoms with Gasteiger partial charge in [0.15, 0.2) is 0 Å². The lowest BCUT2D eigenvalue weighted by Gasteiger charge is -2.42. The van der Waals surface area contributed by atoms with Gasteiger partial charge in [-0.05, 0) is 57.0 Å². The van der Waals surface area contributed by atoms with Crippen LogP contribution in [0.15, 0.2) is 48.7 Å². The highest BCUT2D eigenvalue weighted by Gasteiger charge is 2.41. The number of benzene rings is 1. The minimum absolute atomic E-state index is 0.0285. The molecule has 2 N–H and O–H groups in total. The summed E-state index contributed by atoms with van der Waals surface area (Å²) in [7, 11) is 0. The van der Waals surface area contributed by atoms with Crippen LogP contribution in [0.2, 0.25) is 0 Å². The van der Waals surface area contributed by atoms with Gasteiger partial charge in [-0.1, -0.05) is 12.1 Å². The standard InChI is InChI=1S/C21H27FN4O/c1-16(2)24-20(27)21(25-18-8-5-6-17(22)14-18)9-12-26(13-10-21)15-19-7-3-4-11-23-19/h3-8,11,14,16,25H,9-10,12-13,15H2,1-2H3,(H,24,27). The first kappa shape index (κ1) is 19.3. The predicted molar refractivity (Wildman–Crippen MR) is 105 cm³/mol. The van der Waals surface area contributed by atoms with Gasteiger partial charge in [-0.25, -0.2) is 4.39 Å². The van der Waals surface area contributed by atoms with Crippen LogP contribution in [0.1, 0.15) is 32.4 Å². The van der Waals surface area contributed by atoms with Crippen LogP contribution in [-0.4, -0.2) is 40.5 Å². The Labute approximate surface area is 160 Å². The van der Waals surface area contributed by atoms with Crippen LogP contribution in [0.25, 0.3) is 0 Å². The SMILES string of the molecule is CC(C)NC(=O)C1(Nc2cccc(F)c2)CCN(Cc2ccccn2)CC1. The van der Waals surface area contributed by atoms with E-state index in [4.69, 9.17) is 0 Å². The van der Waals surface area contributed by atoms with Crippen LogP contribution in [0.4, 0.5) is 10.1 Å². The van der Waals surface area contributed by atoms with Crippen molar-refractivity contribution in [3.8, 4) is 0 Å². The number of hydrogen-bond donors (Lipinski definition) is 2. The van der Waals surface area contributed by atoms with Gasteiger partial charge in [-0.15, -0.1) is 0 Å². The predicted octanol–water partition coefficient (Wildman–Crippen LogP) is 3.19. The molecule has 1 fully saturated rings. The maximum Gasteiger partial charge on any atom is 0.245 e. The van der Waals surface area contributed by atoms with Crippen molar-refractivity contribution in [1.29, 1.82) is 0 Å². The van der Waals surface area contributed by atoms with E-state index in [2.05, 4.69) is 20.5 Å². The average Bonchev–Trinajstić information content (AvgIpc) is 2.64. The van der Waals surface area contributed by atoms with Crippen LogP contribution < -0.4 is 10.6 Å². The number of aromatic nitrogens is 1. The summed E-state index contributed by atoms with van der Waals surface area (Å²) >= 11 is 0. The number of anilines is 1. The first-order valence-electron chi connectivity index (χ1n) is 9.44. The number of carbonyl (C=O) groups excluding carboxylic acids is 1. The maximum atomic E-state index is 13.6. The molecule has 1 aliphatic rings. The number of amides is 1. The van der Waals surface area contributed by atoms with Crippen LogP contribution in [0.3, 0.4) is 0 Å². The van der Waals surface area contributed by atoms with Crippen molar-refractivity contribution >= 4 is 11.6 Å². The fourth-order valence-corrected chi connectivity index (χ4v) is 3.47. The summed E-state index contributed by atoms with van der Waals surface area (Å²) in [5.41, 5.74) is 0.917. The number of carbonyl (C=O) groups is 1. The van der Waals surface area contributed by atoms with Gasteiger partial charge >= 0.3 is 0 Å². The van der Waals surface area contributed by atoms with E-state index < -0.39 is 5.54 Å². The lowest BCUT2D eigenvalue weighted by Crippen LogP contribution is -2.59. The molecule has 2 aromatic rings. The molecule has 5 nitrogen and oxygen atoms in total. The molecule has 0 spiro atoms. The Morgan fingerprint density at radius 2 is 2.00 bits per heavy atom. The number of nitrogens with zero attached hydrogens (tertiary/aromatic N) is 2. The van der Waals surface area contributed by atoms with Gasteiger partial charge in [0.1, 0.15) is 11.4 Å². The number of halogens is 1. The average molecular weight is 370 g/mol. The molecule has 0 atom stereocenters. The van der Waals surface area contributed by atoms with Gasteiger partial charge in [0.2, 0.25) is 5.91 Å². The van der Waals surface area contributed by atoms with Crippen LogP contribution in [0.5, 0.6) is 0 Å². The zero-order chi connectivity index (χ0) is 19.3. The number of rotatable bonds is 6. The van der Waals surface area contributed by atoms with Crippen molar-refractivity contribution in [1.82, 2.24) is 15.2 Å². The van der Waals surface area contributed by atoms with Gasteiger partial charge in [0.25, 0.3) is 0 Å². The molecule has 1 saturated heterocycles. The molecule has 0 radical (unpaired) electrons. The summed E-state index contributed by atoms with van der Waals surface area (Å²) in [4.78, 5) is 19.7. The van der Waals surface area contributed by atoms with Crippen molar-refractivity contribution in [2.24, 2.45) is 0 Å². The maximum absolute atomic E-state index is 13.6. The number of nitrogens with one attached hydrogen (secondary N) is 2. The summed E-state index contributed by atoms with van der Waals surface area (Å²) in [5.74, 6) is -0.341. The Bertz CT molecular complexity index is 758. The Morgan fingerprint density at radius 3 is 2.63 bits per heavy atom. The van der Waals surface area contributed by atoms with E-state index >= 15 is 0 Å². The molecule has 27 heavy (non-hydrogen) atoms. The first-order valence-corrected chi connectivity index (χ1v) is 9.44. The highest BCUT2D eigenvalue weighted by molar-refractivity contribution is 5.89. The minimum Gasteiger partial charge on any atom is -0.371 e. The summed E-state index contributed by atoms with van der Waals surface area (Å²) in [5, 5.41) is 6.36. The Balaban J connectivity index is 1.73. The summed E-state index contributed by atoms with van der Waals surface area (Å²) < 4.78 is 13.6. The molecular weight excluding hydrogens is 343 g/mol. The smallest absolute Gasteiger partial charge is 0.245 e. The minimum atomic E-state index is -0.737. The highest BCUT2D eigenvalue weighted by atomic mass is 19.1. The first-order chi connectivity index (χ1) is 13.0. The number of piperidine rings is 1. The Hall–Kier alpha value is -2.47. The van der Waals surface area contributed by atoms with Gasteiger partial charge in [0, 0.05) is 37.6 Å². The normalized spacial score (nSPS) is 16.9. The van der Waals surface area contributed by atoms with Gasteiger partial charge < -0.3 is 10.6 Å². The fraction of sp³-hybridized carbons (Fsp3) is 0.429. The monoisotopic (exact) mass is 370 g/mol. The summed E-state index contributed by atoms with van der Waals surface area (Å²) in [6, 6.07) is 12.2. The van der Waals surface area contributed by atoms with Crippen molar-refractivity contribution < 1.29 is 9.18 Å². The highest BCUT2D eigenvalue weighted by Crippen LogP contribution is 2.28. The van der Waals surface area contributed by atoms with Crippen molar-refractivity contribution in [2.75, 3.05) is 18.4 Å². The molecule has 0 aliphatic carbocycles. The second-order valence-electron chi connectivity index (χ2n) is 7.44. The van der Waals surface area contributed by atoms with Crippen molar-refractivity contribution in [2.45, 2.75) is 44.8 Å². The fourth-order valence-electron chi connectivity index (χ4n) is 3.47. The molecule has 6 heteroatoms. The molecule has 144 valence electrons. The van der Waals surface area contributed by atoms with Crippen LogP contribution >= 0.6 is 0 Å². The Kier molecular flexibility index (Phi) is 6.06. The van der Waals surface area contributed by atoms with Gasteiger partial charge in [-0.3, -0.25) is 14.7 Å². The molecule has 0 saturated carbocycles. The number of hydrogen-bond acceptors (Lipinski definition) is 4. The van der Waals surface area contributed by atoms with E-state index in [-0.39, 0.29) is 17.8 Å². The van der Waals surface area contributed by atoms with E-state index in [1.54, 1.807) is 18.3 Å². The summed E-state index contributed by atoms with van der Waals surface area (Å²) in [6.07, 6.45) is 3.09. The topological polar surface area (TPSA) is 57.3 Å². The van der Waals surface area contributed by atoms with Crippen molar-refractivity contribution in [3.05, 3.63) is 60.2 Å². The van der Waals surface area contributed by atoms with Gasteiger partial charge in [-0.2, -0.15) is 0 Å². The lowest BCUT2D eigenvalue weighted by molar-refractivity contribution is -0.127. The molecule has 1 aromatic heterocycles. The van der Waals surface area contributed by atoms with E-state index in [1.165, 1.54) is 12.1 Å². The molecule has 1 aromatic carbocycles. The zero-order valence-electron chi connectivity index (χ0n) is 15.9. The lowest BCUT2D eigenvalue weighted by atomic mass is 9.85. The third-order valence-electron chi connectivity index (χ3n) is 4.88. The van der Waals surface area contributed by atoms with E-state index in [0.717, 1.165) is 25.3 Å². The van der Waals surface area contributed by atoms with Crippen LogP contribution in [0, 0.1) is 5.82 Å². The zero-order valence-corrected chi connectivity index (χ0v) is 15.9. The van der Waals surface area contributed by atoms with E-state index in [9.17, 15) is 9.18 Å². The molecule has 2 heterocycles. The molecule has 3 rings (SSSR count). The third kappa shape index (κ3) is 5.04. The van der Waals surface area contributed by atoms with Crippen LogP contribution in [-0.2, 0) is 11.3 Å². The Morgan fingerprint density at radius 1 is 1.22 bits per heavy atom. The summed E-state index contributed by atoms with van der Waals surface area (Å²) in [6.45, 7) is 6.20. The second kappa shape index (κ2) is 8.48. The largest absolute Gasteiger partial charge is 0.371 e. The number of likely N-dealkylation sites (tertiary alicyclic amines) is 1. The number of pyridine rings is 1. The molecule has 0 unspecified atom stereocenters. The van der Waals surface area contributed by atoms with E-state index in [1.807, 2.05) is 32.0 Å². The second-order valence-corrected chi connectivity index (χ2v) is 7.44. The molecule has 1 aliphatic heterocycles. The third-order valence-corrected chi connectivity index (χ3v) is 4.88. The van der Waals surface area contributed by atoms with E-state index in [0.29, 0.717) is 18.5 Å². The molecule has 1 amide bonds. The quantitative estimate of drug-likeness (QED) is 0.820. The molecular formula is C21H27FN4O. The van der Waals surface area contributed by atoms with Gasteiger partial charge in [0.05, 0.1) is 5.69 Å².